The van der Waals surface area contributed by atoms with Crippen molar-refractivity contribution in [2.24, 2.45) is 0 Å². The van der Waals surface area contributed by atoms with Gasteiger partial charge in [0, 0.05) is 21.6 Å². The lowest BCUT2D eigenvalue weighted by Crippen LogP contribution is -2.11. The minimum Gasteiger partial charge on any atom is -0.283 e. The van der Waals surface area contributed by atoms with E-state index in [0.29, 0.717) is 11.1 Å². The molecule has 1 heterocycles. The van der Waals surface area contributed by atoms with E-state index in [1.54, 1.807) is 22.9 Å². The van der Waals surface area contributed by atoms with Gasteiger partial charge in [-0.1, -0.05) is 46.3 Å². The Morgan fingerprint density at radius 2 is 1.79 bits per heavy atom. The number of fused-ring (bicyclic) bond motifs is 2. The Morgan fingerprint density at radius 3 is 2.62 bits per heavy atom. The molecule has 4 aromatic rings. The average molecular weight is 375 g/mol. The van der Waals surface area contributed by atoms with Crippen molar-refractivity contribution in [1.82, 2.24) is 4.57 Å². The third-order valence-corrected chi connectivity index (χ3v) is 4.83. The Balaban J connectivity index is 1.95. The topological polar surface area (TPSA) is 45.8 Å². The highest BCUT2D eigenvalue weighted by atomic mass is 79.9. The fraction of sp³-hybridized carbons (Fsp3) is 0. The zero-order valence-corrected chi connectivity index (χ0v) is 14.1. The van der Waals surface area contributed by atoms with Gasteiger partial charge < -0.3 is 0 Å². The van der Waals surface area contributed by atoms with E-state index in [9.17, 15) is 4.79 Å². The van der Waals surface area contributed by atoms with Gasteiger partial charge in [0.2, 0.25) is 0 Å². The second kappa shape index (κ2) is 5.63. The summed E-state index contributed by atoms with van der Waals surface area (Å²) in [5.41, 5.74) is 1.91. The van der Waals surface area contributed by atoms with Crippen molar-refractivity contribution in [2.75, 3.05) is 0 Å². The first kappa shape index (κ1) is 14.7. The summed E-state index contributed by atoms with van der Waals surface area (Å²) in [6, 6.07) is 20.9. The number of benzene rings is 3. The monoisotopic (exact) mass is 374 g/mol. The summed E-state index contributed by atoms with van der Waals surface area (Å²) < 4.78 is 2.56. The number of aromatic nitrogens is 1. The highest BCUT2D eigenvalue weighted by Crippen LogP contribution is 2.28. The van der Waals surface area contributed by atoms with Crippen LogP contribution < -0.4 is 0 Å². The molecule has 1 aromatic heterocycles. The van der Waals surface area contributed by atoms with Crippen LogP contribution in [0.15, 0.2) is 71.3 Å². The van der Waals surface area contributed by atoms with E-state index in [1.807, 2.05) is 48.5 Å². The van der Waals surface area contributed by atoms with Gasteiger partial charge in [0.1, 0.15) is 0 Å². The molecule has 4 rings (SSSR count). The molecule has 0 atom stereocenters. The van der Waals surface area contributed by atoms with Crippen LogP contribution in [0.4, 0.5) is 0 Å². The second-order valence-electron chi connectivity index (χ2n) is 5.52. The van der Waals surface area contributed by atoms with Crippen molar-refractivity contribution in [1.29, 1.82) is 5.26 Å². The fourth-order valence-electron chi connectivity index (χ4n) is 2.96. The SMILES string of the molecule is N#Cc1ccc2ccn(C(=O)c3cccc4c(Br)cccc34)c2c1. The fourth-order valence-corrected chi connectivity index (χ4v) is 3.46. The number of hydrogen-bond donors (Lipinski definition) is 0. The van der Waals surface area contributed by atoms with Crippen LogP contribution in [0.25, 0.3) is 21.7 Å². The van der Waals surface area contributed by atoms with Crippen LogP contribution in [0.2, 0.25) is 0 Å². The molecule has 0 aliphatic rings. The summed E-state index contributed by atoms with van der Waals surface area (Å²) >= 11 is 3.53. The Hall–Kier alpha value is -2.90. The first-order chi connectivity index (χ1) is 11.7. The van der Waals surface area contributed by atoms with Crippen molar-refractivity contribution in [3.8, 4) is 6.07 Å². The molecule has 3 aromatic carbocycles. The molecule has 0 aliphatic carbocycles. The summed E-state index contributed by atoms with van der Waals surface area (Å²) in [5, 5.41) is 11.9. The molecule has 4 heteroatoms. The number of carbonyl (C=O) groups excluding carboxylic acids is 1. The third kappa shape index (κ3) is 2.22. The zero-order chi connectivity index (χ0) is 16.7. The summed E-state index contributed by atoms with van der Waals surface area (Å²) in [4.78, 5) is 13.1. The van der Waals surface area contributed by atoms with E-state index in [-0.39, 0.29) is 5.91 Å². The maximum absolute atomic E-state index is 13.1. The lowest BCUT2D eigenvalue weighted by Gasteiger charge is -2.09. The first-order valence-electron chi connectivity index (χ1n) is 7.42. The molecule has 0 unspecified atom stereocenters. The van der Waals surface area contributed by atoms with Crippen molar-refractivity contribution >= 4 is 43.5 Å². The number of carbonyl (C=O) groups is 1. The Labute approximate surface area is 146 Å². The largest absolute Gasteiger partial charge is 0.283 e. The normalized spacial score (nSPS) is 10.8. The van der Waals surface area contributed by atoms with E-state index in [0.717, 1.165) is 26.1 Å². The molecule has 114 valence electrons. The van der Waals surface area contributed by atoms with Crippen molar-refractivity contribution in [2.45, 2.75) is 0 Å². The highest BCUT2D eigenvalue weighted by molar-refractivity contribution is 9.10. The van der Waals surface area contributed by atoms with Gasteiger partial charge in [0.05, 0.1) is 17.1 Å². The minimum atomic E-state index is -0.108. The molecule has 0 N–H and O–H groups in total. The van der Waals surface area contributed by atoms with Gasteiger partial charge in [-0.25, -0.2) is 0 Å². The smallest absolute Gasteiger partial charge is 0.262 e. The number of nitrogens with zero attached hydrogens (tertiary/aromatic N) is 2. The molecule has 0 fully saturated rings. The standard InChI is InChI=1S/C20H11BrN2O/c21-18-6-2-3-15-16(18)4-1-5-17(15)20(24)23-10-9-14-8-7-13(12-22)11-19(14)23/h1-11H. The molecular formula is C20H11BrN2O. The third-order valence-electron chi connectivity index (χ3n) is 4.14. The van der Waals surface area contributed by atoms with Gasteiger partial charge >= 0.3 is 0 Å². The molecule has 0 saturated heterocycles. The summed E-state index contributed by atoms with van der Waals surface area (Å²) in [7, 11) is 0. The maximum Gasteiger partial charge on any atom is 0.262 e. The van der Waals surface area contributed by atoms with Gasteiger partial charge in [-0.3, -0.25) is 9.36 Å². The lowest BCUT2D eigenvalue weighted by molar-refractivity contribution is 0.0966. The lowest BCUT2D eigenvalue weighted by atomic mass is 10.0. The van der Waals surface area contributed by atoms with Gasteiger partial charge in [-0.2, -0.15) is 5.26 Å². The summed E-state index contributed by atoms with van der Waals surface area (Å²) in [5.74, 6) is -0.108. The molecule has 24 heavy (non-hydrogen) atoms. The molecule has 3 nitrogen and oxygen atoms in total. The Bertz CT molecular complexity index is 1150. The maximum atomic E-state index is 13.1. The molecule has 0 bridgehead atoms. The van der Waals surface area contributed by atoms with Crippen LogP contribution in [0.1, 0.15) is 15.9 Å². The molecule has 0 amide bonds. The van der Waals surface area contributed by atoms with E-state index in [1.165, 1.54) is 0 Å². The van der Waals surface area contributed by atoms with Gasteiger partial charge in [0.25, 0.3) is 5.91 Å². The van der Waals surface area contributed by atoms with Crippen molar-refractivity contribution in [3.63, 3.8) is 0 Å². The second-order valence-corrected chi connectivity index (χ2v) is 6.37. The van der Waals surface area contributed by atoms with E-state index >= 15 is 0 Å². The van der Waals surface area contributed by atoms with E-state index < -0.39 is 0 Å². The van der Waals surface area contributed by atoms with Crippen LogP contribution in [0, 0.1) is 11.3 Å². The van der Waals surface area contributed by atoms with Crippen molar-refractivity contribution in [3.05, 3.63) is 82.5 Å². The van der Waals surface area contributed by atoms with Gasteiger partial charge in [-0.05, 0) is 41.1 Å². The van der Waals surface area contributed by atoms with Crippen LogP contribution in [0.5, 0.6) is 0 Å². The molecular weight excluding hydrogens is 364 g/mol. The highest BCUT2D eigenvalue weighted by Gasteiger charge is 2.15. The Morgan fingerprint density at radius 1 is 1.00 bits per heavy atom. The summed E-state index contributed by atoms with van der Waals surface area (Å²) in [6.07, 6.45) is 1.75. The molecule has 0 aliphatic heterocycles. The molecule has 0 spiro atoms. The molecule has 0 radical (unpaired) electrons. The van der Waals surface area contributed by atoms with Crippen LogP contribution in [-0.4, -0.2) is 10.5 Å². The van der Waals surface area contributed by atoms with Crippen molar-refractivity contribution < 1.29 is 4.79 Å². The number of nitriles is 1. The van der Waals surface area contributed by atoms with Gasteiger partial charge in [0.15, 0.2) is 0 Å². The summed E-state index contributed by atoms with van der Waals surface area (Å²) in [6.45, 7) is 0. The minimum absolute atomic E-state index is 0.108. The van der Waals surface area contributed by atoms with Crippen LogP contribution in [0.3, 0.4) is 0 Å². The quantitative estimate of drug-likeness (QED) is 0.464. The predicted molar refractivity (Wildman–Crippen MR) is 98.0 cm³/mol. The zero-order valence-electron chi connectivity index (χ0n) is 12.5. The number of rotatable bonds is 1. The molecule has 0 saturated carbocycles. The first-order valence-corrected chi connectivity index (χ1v) is 8.21. The predicted octanol–water partition coefficient (Wildman–Crippen LogP) is 5.12. The van der Waals surface area contributed by atoms with E-state index in [2.05, 4.69) is 22.0 Å². The van der Waals surface area contributed by atoms with Crippen LogP contribution in [-0.2, 0) is 0 Å². The number of hydrogen-bond acceptors (Lipinski definition) is 2. The Kier molecular flexibility index (Phi) is 3.44. The van der Waals surface area contributed by atoms with Crippen LogP contribution >= 0.6 is 15.9 Å². The number of halogens is 1. The van der Waals surface area contributed by atoms with E-state index in [4.69, 9.17) is 5.26 Å². The van der Waals surface area contributed by atoms with Gasteiger partial charge in [-0.15, -0.1) is 0 Å². The average Bonchev–Trinajstić information content (AvgIpc) is 3.04.